The van der Waals surface area contributed by atoms with Gasteiger partial charge in [0.25, 0.3) is 0 Å². The number of hydrogen-bond donors (Lipinski definition) is 3. The van der Waals surface area contributed by atoms with Crippen molar-refractivity contribution in [3.63, 3.8) is 0 Å². The Balaban J connectivity index is 0. The van der Waals surface area contributed by atoms with Crippen molar-refractivity contribution >= 4 is 63.1 Å². The first-order valence-electron chi connectivity index (χ1n) is 4.89. The van der Waals surface area contributed by atoms with Gasteiger partial charge < -0.3 is 15.5 Å². The summed E-state index contributed by atoms with van der Waals surface area (Å²) in [4.78, 5) is 19.6. The monoisotopic (exact) mass is 385 g/mol. The van der Waals surface area contributed by atoms with E-state index in [9.17, 15) is 9.59 Å². The Morgan fingerprint density at radius 2 is 2.06 bits per heavy atom. The molecule has 0 rings (SSSR count). The first-order valence-corrected chi connectivity index (χ1v) is 7.20. The van der Waals surface area contributed by atoms with Gasteiger partial charge in [-0.15, -0.1) is 11.6 Å². The molecular weight excluding hydrogens is 372 g/mol. The van der Waals surface area contributed by atoms with Crippen LogP contribution in [0.4, 0.5) is 0 Å². The third-order valence-corrected chi connectivity index (χ3v) is 3.65. The summed E-state index contributed by atoms with van der Waals surface area (Å²) in [6.45, 7) is -0.330. The molecule has 0 saturated heterocycles. The molecule has 0 aromatic carbocycles. The van der Waals surface area contributed by atoms with Crippen LogP contribution < -0.4 is 5.32 Å². The van der Waals surface area contributed by atoms with Gasteiger partial charge in [0.05, 0.1) is 18.5 Å². The minimum absolute atomic E-state index is 0.00827. The molecule has 1 amide bonds. The lowest BCUT2D eigenvalue weighted by atomic mass is 10.3. The van der Waals surface area contributed by atoms with Crippen LogP contribution in [0.15, 0.2) is 0 Å². The highest BCUT2D eigenvalue weighted by Gasteiger charge is 2.32. The van der Waals surface area contributed by atoms with Gasteiger partial charge >= 0.3 is 5.97 Å². The average Bonchev–Trinajstić information content (AvgIpc) is 2.33. The average molecular weight is 387 g/mol. The maximum atomic E-state index is 9.83. The number of halogens is 4. The van der Waals surface area contributed by atoms with Crippen molar-refractivity contribution in [2.75, 3.05) is 18.5 Å². The SMILES string of the molecule is O=C(O)CCCBr.O=CNCC(Cl)(Cl)C(Cl)CO. The molecule has 0 heterocycles. The second-order valence-electron chi connectivity index (χ2n) is 3.10. The van der Waals surface area contributed by atoms with E-state index < -0.39 is 15.7 Å². The number of carboxylic acid groups (broad SMARTS) is 1. The zero-order valence-corrected chi connectivity index (χ0v) is 13.3. The number of carboxylic acids is 1. The largest absolute Gasteiger partial charge is 0.481 e. The summed E-state index contributed by atoms with van der Waals surface area (Å²) < 4.78 is -1.32. The summed E-state index contributed by atoms with van der Waals surface area (Å²) in [5.74, 6) is -0.723. The first kappa shape index (κ1) is 20.6. The first-order chi connectivity index (χ1) is 8.31. The normalized spacial score (nSPS) is 12.1. The minimum atomic E-state index is -1.32. The fourth-order valence-electron chi connectivity index (χ4n) is 0.640. The summed E-state index contributed by atoms with van der Waals surface area (Å²) in [5.41, 5.74) is 0. The third kappa shape index (κ3) is 12.7. The van der Waals surface area contributed by atoms with Gasteiger partial charge in [0.15, 0.2) is 4.33 Å². The number of aliphatic carboxylic acids is 1. The Morgan fingerprint density at radius 1 is 1.50 bits per heavy atom. The van der Waals surface area contributed by atoms with Crippen LogP contribution in [-0.4, -0.2) is 50.8 Å². The highest BCUT2D eigenvalue weighted by atomic mass is 79.9. The van der Waals surface area contributed by atoms with Gasteiger partial charge in [-0.2, -0.15) is 0 Å². The van der Waals surface area contributed by atoms with Crippen LogP contribution in [0.1, 0.15) is 12.8 Å². The molecule has 0 aliphatic carbocycles. The van der Waals surface area contributed by atoms with Gasteiger partial charge in [0, 0.05) is 11.8 Å². The number of carbonyl (C=O) groups excluding carboxylic acids is 1. The Hall–Kier alpha value is 0.250. The van der Waals surface area contributed by atoms with Gasteiger partial charge in [0.1, 0.15) is 0 Å². The molecule has 3 N–H and O–H groups in total. The van der Waals surface area contributed by atoms with E-state index in [-0.39, 0.29) is 19.6 Å². The summed E-state index contributed by atoms with van der Waals surface area (Å²) in [7, 11) is 0. The highest BCUT2D eigenvalue weighted by molar-refractivity contribution is 9.09. The number of amides is 1. The quantitative estimate of drug-likeness (QED) is 0.437. The van der Waals surface area contributed by atoms with Gasteiger partial charge in [0.2, 0.25) is 6.41 Å². The Labute approximate surface area is 129 Å². The van der Waals surface area contributed by atoms with Crippen LogP contribution in [0.2, 0.25) is 0 Å². The molecule has 9 heteroatoms. The predicted octanol–water partition coefficient (Wildman–Crippen LogP) is 1.75. The van der Waals surface area contributed by atoms with Crippen LogP contribution in [0, 0.1) is 0 Å². The van der Waals surface area contributed by atoms with E-state index in [0.29, 0.717) is 6.41 Å². The van der Waals surface area contributed by atoms with Gasteiger partial charge in [-0.3, -0.25) is 9.59 Å². The fraction of sp³-hybridized carbons (Fsp3) is 0.778. The van der Waals surface area contributed by atoms with E-state index in [2.05, 4.69) is 21.2 Å². The lowest BCUT2D eigenvalue weighted by molar-refractivity contribution is -0.137. The van der Waals surface area contributed by atoms with E-state index in [1.54, 1.807) is 0 Å². The highest BCUT2D eigenvalue weighted by Crippen LogP contribution is 2.28. The van der Waals surface area contributed by atoms with Crippen molar-refractivity contribution in [3.05, 3.63) is 0 Å². The molecule has 1 unspecified atom stereocenters. The number of alkyl halides is 4. The third-order valence-electron chi connectivity index (χ3n) is 1.56. The molecular formula is C9H15BrCl3NO4. The number of carbonyl (C=O) groups is 2. The van der Waals surface area contributed by atoms with E-state index in [4.69, 9.17) is 45.0 Å². The number of nitrogens with one attached hydrogen (secondary N) is 1. The number of hydrogen-bond acceptors (Lipinski definition) is 3. The molecule has 0 radical (unpaired) electrons. The topological polar surface area (TPSA) is 86.6 Å². The molecule has 0 aliphatic heterocycles. The lowest BCUT2D eigenvalue weighted by Gasteiger charge is -2.22. The maximum Gasteiger partial charge on any atom is 0.303 e. The summed E-state index contributed by atoms with van der Waals surface area (Å²) in [6.07, 6.45) is 1.45. The van der Waals surface area contributed by atoms with Crippen LogP contribution in [0.25, 0.3) is 0 Å². The van der Waals surface area contributed by atoms with Gasteiger partial charge in [-0.25, -0.2) is 0 Å². The molecule has 0 aliphatic rings. The standard InChI is InChI=1S/C5H8Cl3NO2.C4H7BrO2/c6-4(1-10)5(7,8)2-9-3-11;5-3-1-2-4(6)7/h3-4,10H,1-2H2,(H,9,11);1-3H2,(H,6,7). The molecule has 108 valence electrons. The smallest absolute Gasteiger partial charge is 0.303 e. The molecule has 18 heavy (non-hydrogen) atoms. The molecule has 0 aromatic heterocycles. The van der Waals surface area contributed by atoms with Gasteiger partial charge in [-0.05, 0) is 6.42 Å². The summed E-state index contributed by atoms with van der Waals surface area (Å²) in [5, 5.41) is 18.8. The fourth-order valence-corrected chi connectivity index (χ4v) is 1.29. The Bertz CT molecular complexity index is 244. The van der Waals surface area contributed by atoms with Gasteiger partial charge in [-0.1, -0.05) is 39.1 Å². The maximum absolute atomic E-state index is 9.83. The van der Waals surface area contributed by atoms with Crippen LogP contribution >= 0.6 is 50.7 Å². The summed E-state index contributed by atoms with van der Waals surface area (Å²) >= 11 is 19.9. The Kier molecular flexibility index (Phi) is 14.0. The van der Waals surface area contributed by atoms with Crippen molar-refractivity contribution in [1.29, 1.82) is 0 Å². The van der Waals surface area contributed by atoms with E-state index in [1.807, 2.05) is 0 Å². The van der Waals surface area contributed by atoms with E-state index >= 15 is 0 Å². The predicted molar refractivity (Wildman–Crippen MR) is 75.9 cm³/mol. The van der Waals surface area contributed by atoms with Crippen LogP contribution in [-0.2, 0) is 9.59 Å². The van der Waals surface area contributed by atoms with E-state index in [1.165, 1.54) is 0 Å². The van der Waals surface area contributed by atoms with E-state index in [0.717, 1.165) is 11.8 Å². The Morgan fingerprint density at radius 3 is 2.33 bits per heavy atom. The van der Waals surface area contributed by atoms with Crippen molar-refractivity contribution < 1.29 is 19.8 Å². The van der Waals surface area contributed by atoms with Crippen molar-refractivity contribution in [1.82, 2.24) is 5.32 Å². The molecule has 0 bridgehead atoms. The number of rotatable bonds is 8. The number of aliphatic hydroxyl groups is 1. The summed E-state index contributed by atoms with van der Waals surface area (Å²) in [6, 6.07) is 0. The zero-order chi connectivity index (χ0) is 14.6. The lowest BCUT2D eigenvalue weighted by Crippen LogP contribution is -2.39. The van der Waals surface area contributed by atoms with Crippen molar-refractivity contribution in [2.45, 2.75) is 22.6 Å². The second kappa shape index (κ2) is 12.3. The molecule has 0 saturated carbocycles. The zero-order valence-electron chi connectivity index (χ0n) is 9.41. The van der Waals surface area contributed by atoms with Crippen molar-refractivity contribution in [2.24, 2.45) is 0 Å². The molecule has 1 atom stereocenters. The van der Waals surface area contributed by atoms with Crippen LogP contribution in [0.5, 0.6) is 0 Å². The number of aliphatic hydroxyl groups excluding tert-OH is 1. The molecule has 0 aromatic rings. The molecule has 0 fully saturated rings. The second-order valence-corrected chi connectivity index (χ2v) is 5.96. The van der Waals surface area contributed by atoms with Crippen LogP contribution in [0.3, 0.4) is 0 Å². The molecule has 0 spiro atoms. The van der Waals surface area contributed by atoms with Crippen molar-refractivity contribution in [3.8, 4) is 0 Å². The minimum Gasteiger partial charge on any atom is -0.481 e. The molecule has 5 nitrogen and oxygen atoms in total.